The largest absolute Gasteiger partial charge is 0.309 e. The fourth-order valence-corrected chi connectivity index (χ4v) is 2.35. The molecule has 1 aromatic rings. The van der Waals surface area contributed by atoms with Crippen molar-refractivity contribution in [3.05, 3.63) is 34.3 Å². The summed E-state index contributed by atoms with van der Waals surface area (Å²) in [5.74, 6) is 2.39. The van der Waals surface area contributed by atoms with Gasteiger partial charge in [0.1, 0.15) is 0 Å². The smallest absolute Gasteiger partial charge is 0.0292 e. The van der Waals surface area contributed by atoms with Crippen LogP contribution in [0.25, 0.3) is 0 Å². The summed E-state index contributed by atoms with van der Waals surface area (Å²) in [6, 6.07) is 8.90. The van der Waals surface area contributed by atoms with Gasteiger partial charge in [0.15, 0.2) is 0 Å². The minimum atomic E-state index is 0.431. The Morgan fingerprint density at radius 1 is 1.47 bits per heavy atom. The SMILES string of the molecule is CCSCCN[C@@H](C)c1cccc(Br)c1. The maximum atomic E-state index is 3.52. The maximum Gasteiger partial charge on any atom is 0.0292 e. The van der Waals surface area contributed by atoms with Gasteiger partial charge in [0.2, 0.25) is 0 Å². The summed E-state index contributed by atoms with van der Waals surface area (Å²) in [6.07, 6.45) is 0. The standard InChI is InChI=1S/C12H18BrNS/c1-3-15-8-7-14-10(2)11-5-4-6-12(13)9-11/h4-6,9-10,14H,3,7-8H2,1-2H3/t10-/m0/s1. The zero-order valence-corrected chi connectivity index (χ0v) is 11.7. The summed E-state index contributed by atoms with van der Waals surface area (Å²) in [4.78, 5) is 0. The molecule has 0 bridgehead atoms. The van der Waals surface area contributed by atoms with Gasteiger partial charge in [-0.15, -0.1) is 0 Å². The molecule has 1 aromatic carbocycles. The Bertz CT molecular complexity index is 291. The molecule has 0 heterocycles. The first kappa shape index (κ1) is 13.1. The van der Waals surface area contributed by atoms with E-state index in [1.54, 1.807) is 0 Å². The van der Waals surface area contributed by atoms with Crippen molar-refractivity contribution >= 4 is 27.7 Å². The molecular weight excluding hydrogens is 270 g/mol. The van der Waals surface area contributed by atoms with Crippen molar-refractivity contribution < 1.29 is 0 Å². The number of nitrogens with one attached hydrogen (secondary N) is 1. The Morgan fingerprint density at radius 2 is 2.27 bits per heavy atom. The van der Waals surface area contributed by atoms with E-state index in [-0.39, 0.29) is 0 Å². The van der Waals surface area contributed by atoms with E-state index in [9.17, 15) is 0 Å². The fourth-order valence-electron chi connectivity index (χ4n) is 1.39. The van der Waals surface area contributed by atoms with Gasteiger partial charge in [0.05, 0.1) is 0 Å². The summed E-state index contributed by atoms with van der Waals surface area (Å²) < 4.78 is 1.15. The summed E-state index contributed by atoms with van der Waals surface area (Å²) >= 11 is 5.47. The van der Waals surface area contributed by atoms with Crippen LogP contribution in [0.2, 0.25) is 0 Å². The molecule has 0 saturated carbocycles. The van der Waals surface area contributed by atoms with E-state index in [2.05, 4.69) is 59.4 Å². The quantitative estimate of drug-likeness (QED) is 0.798. The summed E-state index contributed by atoms with van der Waals surface area (Å²) in [5, 5.41) is 3.52. The van der Waals surface area contributed by atoms with Gasteiger partial charge in [-0.3, -0.25) is 0 Å². The lowest BCUT2D eigenvalue weighted by molar-refractivity contribution is 0.601. The van der Waals surface area contributed by atoms with Gasteiger partial charge >= 0.3 is 0 Å². The molecule has 0 radical (unpaired) electrons. The molecule has 1 atom stereocenters. The lowest BCUT2D eigenvalue weighted by atomic mass is 10.1. The van der Waals surface area contributed by atoms with Crippen LogP contribution in [0.15, 0.2) is 28.7 Å². The van der Waals surface area contributed by atoms with E-state index in [0.717, 1.165) is 11.0 Å². The van der Waals surface area contributed by atoms with Crippen LogP contribution < -0.4 is 5.32 Å². The zero-order valence-electron chi connectivity index (χ0n) is 9.29. The highest BCUT2D eigenvalue weighted by Crippen LogP contribution is 2.17. The van der Waals surface area contributed by atoms with E-state index in [1.165, 1.54) is 17.1 Å². The van der Waals surface area contributed by atoms with Gasteiger partial charge in [0, 0.05) is 22.8 Å². The van der Waals surface area contributed by atoms with Crippen LogP contribution in [-0.2, 0) is 0 Å². The third-order valence-electron chi connectivity index (χ3n) is 2.25. The van der Waals surface area contributed by atoms with Crippen LogP contribution in [0.4, 0.5) is 0 Å². The fraction of sp³-hybridized carbons (Fsp3) is 0.500. The van der Waals surface area contributed by atoms with Crippen molar-refractivity contribution in [2.24, 2.45) is 0 Å². The van der Waals surface area contributed by atoms with E-state index >= 15 is 0 Å². The van der Waals surface area contributed by atoms with Crippen molar-refractivity contribution in [3.63, 3.8) is 0 Å². The maximum absolute atomic E-state index is 3.52. The second-order valence-electron chi connectivity index (χ2n) is 3.43. The van der Waals surface area contributed by atoms with Crippen LogP contribution in [0.5, 0.6) is 0 Å². The summed E-state index contributed by atoms with van der Waals surface area (Å²) in [6.45, 7) is 5.48. The minimum absolute atomic E-state index is 0.431. The first-order valence-corrected chi connectivity index (χ1v) is 7.25. The summed E-state index contributed by atoms with van der Waals surface area (Å²) in [5.41, 5.74) is 1.34. The molecule has 0 aromatic heterocycles. The molecule has 0 spiro atoms. The van der Waals surface area contributed by atoms with Gasteiger partial charge in [-0.25, -0.2) is 0 Å². The summed E-state index contributed by atoms with van der Waals surface area (Å²) in [7, 11) is 0. The van der Waals surface area contributed by atoms with Crippen molar-refractivity contribution in [2.45, 2.75) is 19.9 Å². The highest BCUT2D eigenvalue weighted by atomic mass is 79.9. The first-order chi connectivity index (χ1) is 7.24. The van der Waals surface area contributed by atoms with Crippen LogP contribution in [0.1, 0.15) is 25.5 Å². The predicted octanol–water partition coefficient (Wildman–Crippen LogP) is 3.85. The van der Waals surface area contributed by atoms with Crippen LogP contribution in [-0.4, -0.2) is 18.1 Å². The molecule has 1 nitrogen and oxygen atoms in total. The molecule has 0 unspecified atom stereocenters. The minimum Gasteiger partial charge on any atom is -0.309 e. The van der Waals surface area contributed by atoms with Gasteiger partial charge in [0.25, 0.3) is 0 Å². The average Bonchev–Trinajstić information content (AvgIpc) is 2.24. The number of hydrogen-bond donors (Lipinski definition) is 1. The Labute approximate surface area is 105 Å². The lowest BCUT2D eigenvalue weighted by Crippen LogP contribution is -2.21. The molecule has 0 amide bonds. The normalized spacial score (nSPS) is 12.7. The Balaban J connectivity index is 2.36. The van der Waals surface area contributed by atoms with Crippen molar-refractivity contribution in [2.75, 3.05) is 18.1 Å². The molecule has 15 heavy (non-hydrogen) atoms. The van der Waals surface area contributed by atoms with E-state index in [4.69, 9.17) is 0 Å². The number of hydrogen-bond acceptors (Lipinski definition) is 2. The average molecular weight is 288 g/mol. The van der Waals surface area contributed by atoms with Crippen molar-refractivity contribution in [1.29, 1.82) is 0 Å². The molecule has 3 heteroatoms. The molecule has 0 saturated heterocycles. The third kappa shape index (κ3) is 5.05. The predicted molar refractivity (Wildman–Crippen MR) is 73.6 cm³/mol. The number of rotatable bonds is 6. The van der Waals surface area contributed by atoms with E-state index in [1.807, 2.05) is 11.8 Å². The van der Waals surface area contributed by atoms with Crippen LogP contribution >= 0.6 is 27.7 Å². The molecule has 0 fully saturated rings. The van der Waals surface area contributed by atoms with Gasteiger partial charge < -0.3 is 5.32 Å². The van der Waals surface area contributed by atoms with Crippen molar-refractivity contribution in [1.82, 2.24) is 5.32 Å². The monoisotopic (exact) mass is 287 g/mol. The number of benzene rings is 1. The van der Waals surface area contributed by atoms with Crippen LogP contribution in [0.3, 0.4) is 0 Å². The zero-order chi connectivity index (χ0) is 11.1. The van der Waals surface area contributed by atoms with E-state index in [0.29, 0.717) is 6.04 Å². The van der Waals surface area contributed by atoms with Gasteiger partial charge in [-0.05, 0) is 30.4 Å². The number of thioether (sulfide) groups is 1. The molecule has 0 aliphatic carbocycles. The Kier molecular flexibility index (Phi) is 6.37. The second-order valence-corrected chi connectivity index (χ2v) is 5.74. The molecule has 84 valence electrons. The topological polar surface area (TPSA) is 12.0 Å². The van der Waals surface area contributed by atoms with Gasteiger partial charge in [-0.1, -0.05) is 35.0 Å². The highest BCUT2D eigenvalue weighted by Gasteiger charge is 2.03. The van der Waals surface area contributed by atoms with E-state index < -0.39 is 0 Å². The lowest BCUT2D eigenvalue weighted by Gasteiger charge is -2.14. The Morgan fingerprint density at radius 3 is 2.93 bits per heavy atom. The van der Waals surface area contributed by atoms with Gasteiger partial charge in [-0.2, -0.15) is 11.8 Å². The number of halogens is 1. The molecule has 1 rings (SSSR count). The highest BCUT2D eigenvalue weighted by molar-refractivity contribution is 9.10. The van der Waals surface area contributed by atoms with Crippen molar-refractivity contribution in [3.8, 4) is 0 Å². The second kappa shape index (κ2) is 7.31. The Hall–Kier alpha value is 0.01000. The molecule has 0 aliphatic rings. The first-order valence-electron chi connectivity index (χ1n) is 5.30. The molecule has 0 aliphatic heterocycles. The molecular formula is C12H18BrNS. The third-order valence-corrected chi connectivity index (χ3v) is 3.64. The van der Waals surface area contributed by atoms with Crippen LogP contribution in [0, 0.1) is 0 Å². The molecule has 1 N–H and O–H groups in total.